The summed E-state index contributed by atoms with van der Waals surface area (Å²) in [6.07, 6.45) is 3.79. The van der Waals surface area contributed by atoms with Gasteiger partial charge in [0, 0.05) is 16.8 Å². The lowest BCUT2D eigenvalue weighted by Crippen LogP contribution is -2.36. The van der Waals surface area contributed by atoms with Gasteiger partial charge < -0.3 is 9.67 Å². The molecule has 0 aliphatic rings. The highest BCUT2D eigenvalue weighted by Crippen LogP contribution is 2.42. The average Bonchev–Trinajstić information content (AvgIpc) is 3.33. The number of aromatic nitrogens is 2. The first-order chi connectivity index (χ1) is 15.7. The molecular formula is C28H21ClN2O. The largest absolute Gasteiger partial charge is 0.507 e. The maximum absolute atomic E-state index is 10.4. The molecule has 0 aliphatic heterocycles. The minimum Gasteiger partial charge on any atom is -0.507 e. The van der Waals surface area contributed by atoms with Gasteiger partial charge in [0.15, 0.2) is 0 Å². The van der Waals surface area contributed by atoms with Crippen molar-refractivity contribution in [1.82, 2.24) is 9.55 Å². The van der Waals surface area contributed by atoms with Gasteiger partial charge in [-0.15, -0.1) is 0 Å². The van der Waals surface area contributed by atoms with Gasteiger partial charge in [0.1, 0.15) is 11.3 Å². The van der Waals surface area contributed by atoms with E-state index in [0.29, 0.717) is 16.3 Å². The molecule has 0 bridgehead atoms. The number of aromatic hydroxyl groups is 1. The van der Waals surface area contributed by atoms with E-state index in [0.717, 1.165) is 16.7 Å². The molecule has 1 N–H and O–H groups in total. The second-order valence-electron chi connectivity index (χ2n) is 7.64. The van der Waals surface area contributed by atoms with Crippen molar-refractivity contribution in [1.29, 1.82) is 0 Å². The maximum atomic E-state index is 10.4. The maximum Gasteiger partial charge on any atom is 0.125 e. The van der Waals surface area contributed by atoms with Crippen LogP contribution in [0.5, 0.6) is 5.75 Å². The summed E-state index contributed by atoms with van der Waals surface area (Å²) in [7, 11) is 0. The second-order valence-corrected chi connectivity index (χ2v) is 8.07. The van der Waals surface area contributed by atoms with Crippen LogP contribution in [0.3, 0.4) is 0 Å². The fourth-order valence-electron chi connectivity index (χ4n) is 4.34. The predicted octanol–water partition coefficient (Wildman–Crippen LogP) is 6.75. The third-order valence-electron chi connectivity index (χ3n) is 5.78. The molecule has 1 heterocycles. The highest BCUT2D eigenvalue weighted by molar-refractivity contribution is 6.30. The zero-order valence-electron chi connectivity index (χ0n) is 17.3. The quantitative estimate of drug-likeness (QED) is 0.309. The molecule has 0 amide bonds. The Morgan fingerprint density at radius 2 is 1.19 bits per heavy atom. The van der Waals surface area contributed by atoms with Crippen molar-refractivity contribution < 1.29 is 5.11 Å². The number of benzene rings is 4. The van der Waals surface area contributed by atoms with Crippen molar-refractivity contribution in [2.75, 3.05) is 0 Å². The van der Waals surface area contributed by atoms with E-state index in [1.165, 1.54) is 0 Å². The van der Waals surface area contributed by atoms with Crippen LogP contribution in [0, 0.1) is 0 Å². The summed E-state index contributed by atoms with van der Waals surface area (Å²) in [6, 6.07) is 36.2. The standard InChI is InChI=1S/C28H21ClN2O/c29-24-16-17-27(32)25(18-24)26-19-31(20-30-26)28(21-10-4-1-5-11-21,22-12-6-2-7-13-22)23-14-8-3-9-15-23/h1-20,32H. The summed E-state index contributed by atoms with van der Waals surface area (Å²) >= 11 is 6.21. The van der Waals surface area contributed by atoms with Crippen LogP contribution in [-0.4, -0.2) is 14.7 Å². The molecule has 0 saturated carbocycles. The van der Waals surface area contributed by atoms with Crippen molar-refractivity contribution in [2.24, 2.45) is 0 Å². The van der Waals surface area contributed by atoms with Gasteiger partial charge in [-0.1, -0.05) is 103 Å². The number of halogens is 1. The van der Waals surface area contributed by atoms with Crippen LogP contribution in [0.2, 0.25) is 5.02 Å². The summed E-state index contributed by atoms with van der Waals surface area (Å²) in [5.74, 6) is 0.143. The van der Waals surface area contributed by atoms with Crippen molar-refractivity contribution in [3.63, 3.8) is 0 Å². The van der Waals surface area contributed by atoms with Gasteiger partial charge in [-0.2, -0.15) is 0 Å². The second kappa shape index (κ2) is 8.37. The molecular weight excluding hydrogens is 416 g/mol. The molecule has 4 aromatic carbocycles. The summed E-state index contributed by atoms with van der Waals surface area (Å²) in [6.45, 7) is 0. The molecule has 0 fully saturated rings. The van der Waals surface area contributed by atoms with Crippen molar-refractivity contribution in [3.8, 4) is 17.0 Å². The fourth-order valence-corrected chi connectivity index (χ4v) is 4.52. The number of nitrogens with zero attached hydrogens (tertiary/aromatic N) is 2. The Bertz CT molecular complexity index is 1240. The van der Waals surface area contributed by atoms with E-state index in [4.69, 9.17) is 11.6 Å². The van der Waals surface area contributed by atoms with Crippen molar-refractivity contribution in [3.05, 3.63) is 143 Å². The van der Waals surface area contributed by atoms with E-state index in [1.807, 2.05) is 30.7 Å². The van der Waals surface area contributed by atoms with E-state index < -0.39 is 5.54 Å². The smallest absolute Gasteiger partial charge is 0.125 e. The third-order valence-corrected chi connectivity index (χ3v) is 6.01. The molecule has 5 rings (SSSR count). The highest BCUT2D eigenvalue weighted by atomic mass is 35.5. The molecule has 32 heavy (non-hydrogen) atoms. The predicted molar refractivity (Wildman–Crippen MR) is 129 cm³/mol. The van der Waals surface area contributed by atoms with Gasteiger partial charge in [0.05, 0.1) is 12.0 Å². The first kappa shape index (κ1) is 20.1. The minimum absolute atomic E-state index is 0.143. The molecule has 1 aromatic heterocycles. The van der Waals surface area contributed by atoms with E-state index in [9.17, 15) is 5.11 Å². The van der Waals surface area contributed by atoms with E-state index in [2.05, 4.69) is 82.3 Å². The Hall–Kier alpha value is -3.82. The Labute approximate surface area is 192 Å². The Morgan fingerprint density at radius 3 is 1.69 bits per heavy atom. The van der Waals surface area contributed by atoms with Gasteiger partial charge in [0.2, 0.25) is 0 Å². The lowest BCUT2D eigenvalue weighted by Gasteiger charge is -2.37. The summed E-state index contributed by atoms with van der Waals surface area (Å²) in [5, 5.41) is 11.0. The summed E-state index contributed by atoms with van der Waals surface area (Å²) in [5.41, 5.74) is 3.92. The van der Waals surface area contributed by atoms with Crippen LogP contribution in [0.15, 0.2) is 122 Å². The van der Waals surface area contributed by atoms with Gasteiger partial charge in [-0.05, 0) is 34.9 Å². The zero-order valence-corrected chi connectivity index (χ0v) is 18.0. The monoisotopic (exact) mass is 436 g/mol. The zero-order chi connectivity index (χ0) is 22.0. The number of hydrogen-bond donors (Lipinski definition) is 1. The Morgan fingerprint density at radius 1 is 0.688 bits per heavy atom. The number of imidazole rings is 1. The van der Waals surface area contributed by atoms with Gasteiger partial charge in [-0.3, -0.25) is 0 Å². The Balaban J connectivity index is 1.82. The third kappa shape index (κ3) is 3.37. The molecule has 0 aliphatic carbocycles. The molecule has 0 atom stereocenters. The molecule has 4 heteroatoms. The first-order valence-corrected chi connectivity index (χ1v) is 10.8. The van der Waals surface area contributed by atoms with Crippen LogP contribution < -0.4 is 0 Å². The number of phenolic OH excluding ortho intramolecular Hbond substituents is 1. The van der Waals surface area contributed by atoms with Crippen LogP contribution in [-0.2, 0) is 5.54 Å². The summed E-state index contributed by atoms with van der Waals surface area (Å²) < 4.78 is 2.11. The normalized spacial score (nSPS) is 11.4. The van der Waals surface area contributed by atoms with Gasteiger partial charge >= 0.3 is 0 Å². The lowest BCUT2D eigenvalue weighted by atomic mass is 9.77. The number of rotatable bonds is 5. The van der Waals surface area contributed by atoms with Crippen LogP contribution >= 0.6 is 11.6 Å². The van der Waals surface area contributed by atoms with Crippen LogP contribution in [0.1, 0.15) is 16.7 Å². The van der Waals surface area contributed by atoms with Crippen LogP contribution in [0.25, 0.3) is 11.3 Å². The highest BCUT2D eigenvalue weighted by Gasteiger charge is 2.38. The molecule has 0 unspecified atom stereocenters. The number of phenols is 1. The molecule has 156 valence electrons. The van der Waals surface area contributed by atoms with Gasteiger partial charge in [-0.25, -0.2) is 4.98 Å². The van der Waals surface area contributed by atoms with E-state index in [1.54, 1.807) is 18.2 Å². The fraction of sp³-hybridized carbons (Fsp3) is 0.0357. The SMILES string of the molecule is Oc1ccc(Cl)cc1-c1cn(C(c2ccccc2)(c2ccccc2)c2ccccc2)cn1. The molecule has 0 saturated heterocycles. The minimum atomic E-state index is -0.650. The average molecular weight is 437 g/mol. The molecule has 3 nitrogen and oxygen atoms in total. The van der Waals surface area contributed by atoms with E-state index in [-0.39, 0.29) is 5.75 Å². The van der Waals surface area contributed by atoms with E-state index >= 15 is 0 Å². The lowest BCUT2D eigenvalue weighted by molar-refractivity contribution is 0.477. The molecule has 0 radical (unpaired) electrons. The van der Waals surface area contributed by atoms with Crippen molar-refractivity contribution >= 4 is 11.6 Å². The van der Waals surface area contributed by atoms with Gasteiger partial charge in [0.25, 0.3) is 0 Å². The van der Waals surface area contributed by atoms with Crippen LogP contribution in [0.4, 0.5) is 0 Å². The topological polar surface area (TPSA) is 38.0 Å². The first-order valence-electron chi connectivity index (χ1n) is 10.4. The Kier molecular flexibility index (Phi) is 5.26. The van der Waals surface area contributed by atoms with Crippen molar-refractivity contribution in [2.45, 2.75) is 5.54 Å². The summed E-state index contributed by atoms with van der Waals surface area (Å²) in [4.78, 5) is 4.68. The number of hydrogen-bond acceptors (Lipinski definition) is 2. The molecule has 0 spiro atoms. The molecule has 5 aromatic rings.